The first-order valence-electron chi connectivity index (χ1n) is 11.7. The fraction of sp³-hybridized carbons (Fsp3) is 0.500. The largest absolute Gasteiger partial charge is 0.445 e. The van der Waals surface area contributed by atoms with E-state index in [4.69, 9.17) is 16.3 Å². The normalized spacial score (nSPS) is 27.4. The molecule has 0 radical (unpaired) electrons. The van der Waals surface area contributed by atoms with Gasteiger partial charge in [-0.05, 0) is 66.4 Å². The summed E-state index contributed by atoms with van der Waals surface area (Å²) >= 11 is 6.15. The first kappa shape index (κ1) is 23.5. The minimum absolute atomic E-state index is 0.0723. The summed E-state index contributed by atoms with van der Waals surface area (Å²) in [7, 11) is 0. The Morgan fingerprint density at radius 3 is 2.56 bits per heavy atom. The smallest absolute Gasteiger partial charge is 0.417 e. The Labute approximate surface area is 202 Å². The zero-order valence-corrected chi connectivity index (χ0v) is 20.0. The summed E-state index contributed by atoms with van der Waals surface area (Å²) in [4.78, 5) is 15.2. The fourth-order valence-corrected chi connectivity index (χ4v) is 6.14. The Bertz CT molecular complexity index is 1110. The number of piperidine rings is 3. The van der Waals surface area contributed by atoms with Crippen LogP contribution in [0.2, 0.25) is 5.02 Å². The van der Waals surface area contributed by atoms with Gasteiger partial charge in [0, 0.05) is 12.1 Å². The second-order valence-electron chi connectivity index (χ2n) is 10.4. The minimum atomic E-state index is -4.52. The van der Waals surface area contributed by atoms with E-state index in [-0.39, 0.29) is 22.6 Å². The molecule has 3 fully saturated rings. The van der Waals surface area contributed by atoms with Crippen LogP contribution in [0.3, 0.4) is 0 Å². The maximum Gasteiger partial charge on any atom is 0.417 e. The van der Waals surface area contributed by atoms with Gasteiger partial charge in [0.15, 0.2) is 0 Å². The molecule has 2 bridgehead atoms. The molecule has 4 aliphatic rings. The van der Waals surface area contributed by atoms with E-state index < -0.39 is 17.8 Å². The number of ether oxygens (including phenoxy) is 1. The molecule has 1 amide bonds. The Hall–Kier alpha value is -2.25. The highest BCUT2D eigenvalue weighted by Crippen LogP contribution is 2.47. The Kier molecular flexibility index (Phi) is 5.84. The van der Waals surface area contributed by atoms with Gasteiger partial charge in [-0.3, -0.25) is 4.90 Å². The summed E-state index contributed by atoms with van der Waals surface area (Å²) in [5.74, 6) is 0.430. The van der Waals surface area contributed by atoms with Crippen LogP contribution in [0.5, 0.6) is 0 Å². The van der Waals surface area contributed by atoms with Crippen LogP contribution in [0.25, 0.3) is 11.1 Å². The number of carbonyl (C=O) groups excluding carboxylic acids is 1. The zero-order valence-electron chi connectivity index (χ0n) is 19.2. The summed E-state index contributed by atoms with van der Waals surface area (Å²) in [5, 5.41) is 2.77. The lowest BCUT2D eigenvalue weighted by Gasteiger charge is -2.44. The second kappa shape index (κ2) is 8.45. The van der Waals surface area contributed by atoms with Crippen LogP contribution >= 0.6 is 11.6 Å². The highest BCUT2D eigenvalue weighted by Gasteiger charge is 2.42. The van der Waals surface area contributed by atoms with Crippen LogP contribution in [0.4, 0.5) is 18.0 Å². The Balaban J connectivity index is 1.37. The van der Waals surface area contributed by atoms with Gasteiger partial charge in [-0.1, -0.05) is 55.8 Å². The van der Waals surface area contributed by atoms with E-state index in [2.05, 4.69) is 24.1 Å². The topological polar surface area (TPSA) is 41.6 Å². The van der Waals surface area contributed by atoms with Gasteiger partial charge in [-0.15, -0.1) is 0 Å². The first-order chi connectivity index (χ1) is 16.0. The molecular formula is C26H28ClF3N2O2. The third-order valence-corrected chi connectivity index (χ3v) is 8.02. The van der Waals surface area contributed by atoms with E-state index in [1.54, 1.807) is 12.1 Å². The number of halogens is 4. The molecule has 1 aliphatic carbocycles. The third-order valence-electron chi connectivity index (χ3n) is 7.61. The molecule has 1 unspecified atom stereocenters. The van der Waals surface area contributed by atoms with Crippen molar-refractivity contribution in [1.82, 2.24) is 10.2 Å². The summed E-state index contributed by atoms with van der Waals surface area (Å²) in [6.45, 7) is 7.09. The highest BCUT2D eigenvalue weighted by molar-refractivity contribution is 6.34. The molecule has 2 aromatic rings. The van der Waals surface area contributed by atoms with Crippen molar-refractivity contribution in [2.45, 2.75) is 51.4 Å². The maximum atomic E-state index is 13.3. The molecule has 3 heterocycles. The van der Waals surface area contributed by atoms with Crippen LogP contribution in [-0.4, -0.2) is 36.7 Å². The van der Waals surface area contributed by atoms with E-state index in [0.29, 0.717) is 23.5 Å². The molecule has 1 N–H and O–H groups in total. The van der Waals surface area contributed by atoms with Crippen molar-refractivity contribution in [3.63, 3.8) is 0 Å². The molecule has 34 heavy (non-hydrogen) atoms. The number of benzene rings is 2. The van der Waals surface area contributed by atoms with Gasteiger partial charge < -0.3 is 10.1 Å². The summed E-state index contributed by atoms with van der Waals surface area (Å²) in [6, 6.07) is 9.25. The predicted octanol–water partition coefficient (Wildman–Crippen LogP) is 6.47. The van der Waals surface area contributed by atoms with Crippen LogP contribution in [0.15, 0.2) is 36.4 Å². The van der Waals surface area contributed by atoms with Crippen molar-refractivity contribution in [3.05, 3.63) is 58.1 Å². The lowest BCUT2D eigenvalue weighted by Crippen LogP contribution is -2.53. The number of amides is 1. The van der Waals surface area contributed by atoms with Crippen molar-refractivity contribution in [1.29, 1.82) is 0 Å². The summed E-state index contributed by atoms with van der Waals surface area (Å²) in [5.41, 5.74) is 1.80. The number of fused-ring (bicyclic) bond motifs is 4. The number of nitrogens with one attached hydrogen (secondary N) is 1. The number of hydrogen-bond donors (Lipinski definition) is 1. The highest BCUT2D eigenvalue weighted by atomic mass is 35.5. The van der Waals surface area contributed by atoms with Gasteiger partial charge in [-0.2, -0.15) is 13.2 Å². The molecule has 4 nitrogen and oxygen atoms in total. The SMILES string of the molecule is CC1(C)Cc2cc(-c3cccc(C(F)(F)F)c3Cl)ccc2C1NC(=O)O[C@H]1CN2CCC1CC2. The van der Waals surface area contributed by atoms with Crippen molar-refractivity contribution in [2.75, 3.05) is 19.6 Å². The molecule has 3 aliphatic heterocycles. The molecule has 6 rings (SSSR count). The van der Waals surface area contributed by atoms with Crippen molar-refractivity contribution < 1.29 is 22.7 Å². The monoisotopic (exact) mass is 492 g/mol. The van der Waals surface area contributed by atoms with Crippen molar-refractivity contribution >= 4 is 17.7 Å². The van der Waals surface area contributed by atoms with E-state index in [0.717, 1.165) is 49.7 Å². The molecule has 0 spiro atoms. The van der Waals surface area contributed by atoms with E-state index >= 15 is 0 Å². The van der Waals surface area contributed by atoms with Gasteiger partial charge in [0.25, 0.3) is 0 Å². The maximum absolute atomic E-state index is 13.3. The third kappa shape index (κ3) is 4.29. The van der Waals surface area contributed by atoms with E-state index in [1.165, 1.54) is 6.07 Å². The predicted molar refractivity (Wildman–Crippen MR) is 125 cm³/mol. The zero-order chi connectivity index (χ0) is 24.3. The van der Waals surface area contributed by atoms with Gasteiger partial charge in [0.1, 0.15) is 6.10 Å². The van der Waals surface area contributed by atoms with Gasteiger partial charge >= 0.3 is 12.3 Å². The fourth-order valence-electron chi connectivity index (χ4n) is 5.80. The Morgan fingerprint density at radius 1 is 1.18 bits per heavy atom. The number of hydrogen-bond acceptors (Lipinski definition) is 3. The van der Waals surface area contributed by atoms with E-state index in [1.807, 2.05) is 12.1 Å². The van der Waals surface area contributed by atoms with Crippen LogP contribution < -0.4 is 5.32 Å². The van der Waals surface area contributed by atoms with Crippen molar-refractivity contribution in [2.24, 2.45) is 11.3 Å². The van der Waals surface area contributed by atoms with Crippen LogP contribution in [-0.2, 0) is 17.3 Å². The lowest BCUT2D eigenvalue weighted by molar-refractivity contribution is -0.137. The number of nitrogens with zero attached hydrogens (tertiary/aromatic N) is 1. The van der Waals surface area contributed by atoms with Gasteiger partial charge in [0.2, 0.25) is 0 Å². The average Bonchev–Trinajstić information content (AvgIpc) is 3.02. The molecular weight excluding hydrogens is 465 g/mol. The number of alkyl carbamates (subject to hydrolysis) is 1. The van der Waals surface area contributed by atoms with Gasteiger partial charge in [-0.25, -0.2) is 4.79 Å². The van der Waals surface area contributed by atoms with Gasteiger partial charge in [0.05, 0.1) is 16.6 Å². The lowest BCUT2D eigenvalue weighted by atomic mass is 9.85. The summed E-state index contributed by atoms with van der Waals surface area (Å²) < 4.78 is 45.8. The molecule has 182 valence electrons. The number of alkyl halides is 3. The minimum Gasteiger partial charge on any atom is -0.445 e. The average molecular weight is 493 g/mol. The molecule has 2 atom stereocenters. The standard InChI is InChI=1S/C26H28ClF3N2O2/c1-25(2)13-17-12-16(18-4-3-5-20(22(18)27)26(28,29)30)6-7-19(17)23(25)31-24(33)34-21-14-32-10-8-15(21)9-11-32/h3-7,12,15,21,23H,8-11,13-14H2,1-2H3,(H,31,33)/t21-,23?/m0/s1. The molecule has 0 aromatic heterocycles. The molecule has 2 aromatic carbocycles. The van der Waals surface area contributed by atoms with E-state index in [9.17, 15) is 18.0 Å². The second-order valence-corrected chi connectivity index (χ2v) is 10.8. The van der Waals surface area contributed by atoms with Crippen LogP contribution in [0.1, 0.15) is 49.4 Å². The molecule has 0 saturated carbocycles. The molecule has 3 saturated heterocycles. The first-order valence-corrected chi connectivity index (χ1v) is 12.1. The van der Waals surface area contributed by atoms with Crippen LogP contribution in [0, 0.1) is 11.3 Å². The number of carbonyl (C=O) groups is 1. The Morgan fingerprint density at radius 2 is 1.91 bits per heavy atom. The molecule has 8 heteroatoms. The number of rotatable bonds is 3. The summed E-state index contributed by atoms with van der Waals surface area (Å²) in [6.07, 6.45) is -2.19. The van der Waals surface area contributed by atoms with Crippen molar-refractivity contribution in [3.8, 4) is 11.1 Å². The quantitative estimate of drug-likeness (QED) is 0.534.